The highest BCUT2D eigenvalue weighted by Crippen LogP contribution is 2.25. The summed E-state index contributed by atoms with van der Waals surface area (Å²) in [4.78, 5) is 13.0. The maximum absolute atomic E-state index is 10.9. The van der Waals surface area contributed by atoms with Crippen LogP contribution in [0.25, 0.3) is 0 Å². The van der Waals surface area contributed by atoms with Crippen LogP contribution < -0.4 is 5.32 Å². The quantitative estimate of drug-likeness (QED) is 0.795. The van der Waals surface area contributed by atoms with Crippen LogP contribution in [0, 0.1) is 6.92 Å². The van der Waals surface area contributed by atoms with Gasteiger partial charge in [0.2, 0.25) is 0 Å². The third kappa shape index (κ3) is 2.50. The fourth-order valence-electron chi connectivity index (χ4n) is 2.20. The zero-order valence-electron chi connectivity index (χ0n) is 10.2. The van der Waals surface area contributed by atoms with Crippen LogP contribution in [0.1, 0.15) is 17.9 Å². The largest absolute Gasteiger partial charge is 0.481 e. The number of likely N-dealkylation sites (N-methyl/N-ethyl adjacent to an activating group) is 1. The molecule has 5 nitrogen and oxygen atoms in total. The molecule has 0 spiro atoms. The minimum atomic E-state index is -0.756. The van der Waals surface area contributed by atoms with Crippen LogP contribution in [0.5, 0.6) is 0 Å². The summed E-state index contributed by atoms with van der Waals surface area (Å²) in [6.07, 6.45) is 0.163. The van der Waals surface area contributed by atoms with Crippen molar-refractivity contribution in [3.63, 3.8) is 0 Å². The van der Waals surface area contributed by atoms with Crippen molar-refractivity contribution in [1.82, 2.24) is 10.2 Å². The normalized spacial score (nSPS) is 18.1. The van der Waals surface area contributed by atoms with Gasteiger partial charge in [-0.2, -0.15) is 0 Å². The summed E-state index contributed by atoms with van der Waals surface area (Å²) < 4.78 is 5.51. The topological polar surface area (TPSA) is 65.7 Å². The first-order valence-electron chi connectivity index (χ1n) is 5.71. The third-order valence-electron chi connectivity index (χ3n) is 3.39. The van der Waals surface area contributed by atoms with Crippen LogP contribution in [0.3, 0.4) is 0 Å². The average molecular weight is 238 g/mol. The monoisotopic (exact) mass is 238 g/mol. The van der Waals surface area contributed by atoms with E-state index >= 15 is 0 Å². The zero-order chi connectivity index (χ0) is 12.5. The number of rotatable bonds is 5. The molecule has 0 saturated carbocycles. The van der Waals surface area contributed by atoms with Gasteiger partial charge in [-0.1, -0.05) is 0 Å². The molecule has 2 heterocycles. The Morgan fingerprint density at radius 3 is 2.71 bits per heavy atom. The maximum atomic E-state index is 10.9. The number of carboxylic acid groups (broad SMARTS) is 1. The Kier molecular flexibility index (Phi) is 3.22. The highest BCUT2D eigenvalue weighted by molar-refractivity contribution is 5.68. The van der Waals surface area contributed by atoms with Gasteiger partial charge < -0.3 is 14.8 Å². The van der Waals surface area contributed by atoms with Gasteiger partial charge in [-0.3, -0.25) is 9.69 Å². The summed E-state index contributed by atoms with van der Waals surface area (Å²) in [5, 5.41) is 12.1. The summed E-state index contributed by atoms with van der Waals surface area (Å²) in [7, 11) is 1.95. The molecule has 2 rings (SSSR count). The molecular formula is C12H18N2O3. The average Bonchev–Trinajstić information content (AvgIpc) is 2.57. The second-order valence-electron chi connectivity index (χ2n) is 4.77. The lowest BCUT2D eigenvalue weighted by atomic mass is 9.86. The molecule has 1 saturated heterocycles. The van der Waals surface area contributed by atoms with Crippen molar-refractivity contribution in [2.24, 2.45) is 0 Å². The minimum absolute atomic E-state index is 0.163. The second-order valence-corrected chi connectivity index (χ2v) is 4.77. The van der Waals surface area contributed by atoms with Gasteiger partial charge in [-0.05, 0) is 26.1 Å². The Balaban J connectivity index is 2.02. The van der Waals surface area contributed by atoms with Gasteiger partial charge in [0.25, 0.3) is 0 Å². The van der Waals surface area contributed by atoms with Gasteiger partial charge in [0, 0.05) is 13.1 Å². The Hall–Kier alpha value is -1.33. The molecule has 1 aliphatic heterocycles. The third-order valence-corrected chi connectivity index (χ3v) is 3.39. The lowest BCUT2D eigenvalue weighted by molar-refractivity contribution is -0.141. The molecule has 94 valence electrons. The van der Waals surface area contributed by atoms with Crippen LogP contribution in [-0.2, 0) is 11.3 Å². The summed E-state index contributed by atoms with van der Waals surface area (Å²) in [6, 6.07) is 3.86. The summed E-state index contributed by atoms with van der Waals surface area (Å²) in [5.41, 5.74) is -0.271. The molecular weight excluding hydrogens is 220 g/mol. The highest BCUT2D eigenvalue weighted by atomic mass is 16.4. The van der Waals surface area contributed by atoms with E-state index in [4.69, 9.17) is 9.52 Å². The first-order valence-corrected chi connectivity index (χ1v) is 5.71. The van der Waals surface area contributed by atoms with Crippen molar-refractivity contribution in [3.05, 3.63) is 23.7 Å². The molecule has 5 heteroatoms. The van der Waals surface area contributed by atoms with E-state index in [1.165, 1.54) is 0 Å². The predicted octanol–water partition coefficient (Wildman–Crippen LogP) is 0.837. The Morgan fingerprint density at radius 2 is 2.29 bits per heavy atom. The van der Waals surface area contributed by atoms with E-state index in [-0.39, 0.29) is 12.0 Å². The van der Waals surface area contributed by atoms with Gasteiger partial charge in [-0.25, -0.2) is 0 Å². The molecule has 1 aliphatic rings. The number of hydrogen-bond acceptors (Lipinski definition) is 4. The van der Waals surface area contributed by atoms with E-state index in [2.05, 4.69) is 10.2 Å². The minimum Gasteiger partial charge on any atom is -0.481 e. The number of nitrogens with zero attached hydrogens (tertiary/aromatic N) is 1. The first-order chi connectivity index (χ1) is 8.02. The number of aryl methyl sites for hydroxylation is 1. The summed E-state index contributed by atoms with van der Waals surface area (Å²) in [5.74, 6) is 1.00. The van der Waals surface area contributed by atoms with Crippen LogP contribution in [0.15, 0.2) is 16.5 Å². The number of hydrogen-bond donors (Lipinski definition) is 2. The van der Waals surface area contributed by atoms with Crippen molar-refractivity contribution in [2.75, 3.05) is 20.1 Å². The lowest BCUT2D eigenvalue weighted by Crippen LogP contribution is -2.68. The molecule has 0 atom stereocenters. The summed E-state index contributed by atoms with van der Waals surface area (Å²) in [6.45, 7) is 3.98. The van der Waals surface area contributed by atoms with Gasteiger partial charge >= 0.3 is 5.97 Å². The zero-order valence-corrected chi connectivity index (χ0v) is 10.2. The molecule has 2 N–H and O–H groups in total. The van der Waals surface area contributed by atoms with Gasteiger partial charge in [-0.15, -0.1) is 0 Å². The smallest absolute Gasteiger partial charge is 0.305 e. The van der Waals surface area contributed by atoms with E-state index in [1.54, 1.807) is 0 Å². The maximum Gasteiger partial charge on any atom is 0.305 e. The fraction of sp³-hybridized carbons (Fsp3) is 0.583. The number of carboxylic acids is 1. The Bertz CT molecular complexity index is 410. The standard InChI is InChI=1S/C12H18N2O3/c1-9-3-4-10(17-9)6-14(2)12(5-11(15)16)7-13-8-12/h3-4,13H,5-8H2,1-2H3,(H,15,16). The van der Waals surface area contributed by atoms with E-state index in [0.717, 1.165) is 24.6 Å². The SMILES string of the molecule is Cc1ccc(CN(C)C2(CC(=O)O)CNC2)o1. The first kappa shape index (κ1) is 12.1. The van der Waals surface area contributed by atoms with Crippen molar-refractivity contribution >= 4 is 5.97 Å². The molecule has 0 radical (unpaired) electrons. The van der Waals surface area contributed by atoms with Crippen LogP contribution in [0.2, 0.25) is 0 Å². The predicted molar refractivity (Wildman–Crippen MR) is 62.8 cm³/mol. The molecule has 0 aliphatic carbocycles. The van der Waals surface area contributed by atoms with Crippen LogP contribution in [-0.4, -0.2) is 41.7 Å². The second kappa shape index (κ2) is 4.50. The van der Waals surface area contributed by atoms with Gasteiger partial charge in [0.05, 0.1) is 18.5 Å². The van der Waals surface area contributed by atoms with Crippen molar-refractivity contribution in [3.8, 4) is 0 Å². The Labute approximate surface area is 100 Å². The number of aliphatic carboxylic acids is 1. The number of furan rings is 1. The molecule has 0 unspecified atom stereocenters. The summed E-state index contributed by atoms with van der Waals surface area (Å²) >= 11 is 0. The molecule has 1 aromatic heterocycles. The van der Waals surface area contributed by atoms with Crippen LogP contribution in [0.4, 0.5) is 0 Å². The Morgan fingerprint density at radius 1 is 1.59 bits per heavy atom. The van der Waals surface area contributed by atoms with Crippen molar-refractivity contribution in [1.29, 1.82) is 0 Å². The molecule has 0 amide bonds. The highest BCUT2D eigenvalue weighted by Gasteiger charge is 2.42. The van der Waals surface area contributed by atoms with Gasteiger partial charge in [0.15, 0.2) is 0 Å². The van der Waals surface area contributed by atoms with Crippen molar-refractivity contribution in [2.45, 2.75) is 25.4 Å². The lowest BCUT2D eigenvalue weighted by Gasteiger charge is -2.48. The molecule has 0 bridgehead atoms. The molecule has 1 fully saturated rings. The van der Waals surface area contributed by atoms with E-state index in [0.29, 0.717) is 6.54 Å². The molecule has 17 heavy (non-hydrogen) atoms. The fourth-order valence-corrected chi connectivity index (χ4v) is 2.20. The van der Waals surface area contributed by atoms with E-state index < -0.39 is 5.97 Å². The van der Waals surface area contributed by atoms with Gasteiger partial charge in [0.1, 0.15) is 11.5 Å². The molecule has 0 aromatic carbocycles. The van der Waals surface area contributed by atoms with E-state index in [9.17, 15) is 4.79 Å². The number of nitrogens with one attached hydrogen (secondary N) is 1. The van der Waals surface area contributed by atoms with Crippen molar-refractivity contribution < 1.29 is 14.3 Å². The van der Waals surface area contributed by atoms with E-state index in [1.807, 2.05) is 26.1 Å². The molecule has 1 aromatic rings. The number of carbonyl (C=O) groups is 1. The van der Waals surface area contributed by atoms with Crippen LogP contribution >= 0.6 is 0 Å².